The molecule has 0 heterocycles. The van der Waals surface area contributed by atoms with Crippen molar-refractivity contribution < 1.29 is 19.4 Å². The van der Waals surface area contributed by atoms with Crippen molar-refractivity contribution >= 4 is 45.0 Å². The summed E-state index contributed by atoms with van der Waals surface area (Å²) >= 11 is 3.38. The first-order chi connectivity index (χ1) is 17.4. The van der Waals surface area contributed by atoms with Crippen LogP contribution in [0.2, 0.25) is 0 Å². The number of hydrogen-bond donors (Lipinski definition) is 4. The molecule has 184 valence electrons. The van der Waals surface area contributed by atoms with Crippen LogP contribution in [0.5, 0.6) is 5.75 Å². The maximum atomic E-state index is 12.6. The fraction of sp³-hybridized carbons (Fsp3) is 0.148. The molecule has 0 bridgehead atoms. The molecule has 0 radical (unpaired) electrons. The van der Waals surface area contributed by atoms with E-state index in [1.165, 1.54) is 12.1 Å². The molecule has 3 rings (SSSR count). The molecule has 0 aromatic heterocycles. The number of unbranched alkanes of at least 4 members (excludes halogenated alkanes) is 1. The number of nitriles is 1. The molecular formula is C27H25BrN4O4. The summed E-state index contributed by atoms with van der Waals surface area (Å²) in [5, 5.41) is 24.6. The summed E-state index contributed by atoms with van der Waals surface area (Å²) in [6.07, 6.45) is 3.26. The first-order valence-corrected chi connectivity index (χ1v) is 11.9. The summed E-state index contributed by atoms with van der Waals surface area (Å²) in [4.78, 5) is 24.7. The Labute approximate surface area is 217 Å². The molecule has 0 spiro atoms. The molecule has 0 fully saturated rings. The van der Waals surface area contributed by atoms with Crippen LogP contribution in [0.25, 0.3) is 0 Å². The number of benzene rings is 3. The number of nitrogen functional groups attached to an aromatic ring is 1. The van der Waals surface area contributed by atoms with Crippen LogP contribution in [0, 0.1) is 11.3 Å². The summed E-state index contributed by atoms with van der Waals surface area (Å²) in [6.45, 7) is 0. The number of rotatable bonds is 9. The van der Waals surface area contributed by atoms with Gasteiger partial charge in [0.2, 0.25) is 5.91 Å². The number of anilines is 3. The van der Waals surface area contributed by atoms with Gasteiger partial charge < -0.3 is 20.9 Å². The first kappa shape index (κ1) is 26.3. The lowest BCUT2D eigenvalue weighted by Crippen LogP contribution is -2.18. The van der Waals surface area contributed by atoms with Crippen LogP contribution in [-0.2, 0) is 9.53 Å². The minimum Gasteiger partial charge on any atom is -0.508 e. The van der Waals surface area contributed by atoms with Gasteiger partial charge in [-0.15, -0.1) is 0 Å². The zero-order chi connectivity index (χ0) is 25.9. The van der Waals surface area contributed by atoms with Gasteiger partial charge in [0, 0.05) is 15.7 Å². The van der Waals surface area contributed by atoms with Gasteiger partial charge in [-0.05, 0) is 79.9 Å². The minimum absolute atomic E-state index is 0.00439. The first-order valence-electron chi connectivity index (χ1n) is 11.1. The van der Waals surface area contributed by atoms with Gasteiger partial charge in [-0.25, -0.2) is 4.79 Å². The third kappa shape index (κ3) is 7.89. The second kappa shape index (κ2) is 13.0. The molecule has 36 heavy (non-hydrogen) atoms. The van der Waals surface area contributed by atoms with Crippen LogP contribution in [0.15, 0.2) is 83.4 Å². The summed E-state index contributed by atoms with van der Waals surface area (Å²) < 4.78 is 6.37. The average molecular weight is 549 g/mol. The molecule has 5 N–H and O–H groups in total. The molecule has 0 saturated heterocycles. The van der Waals surface area contributed by atoms with E-state index >= 15 is 0 Å². The van der Waals surface area contributed by atoms with Gasteiger partial charge in [-0.3, -0.25) is 10.1 Å². The van der Waals surface area contributed by atoms with Crippen molar-refractivity contribution in [2.24, 2.45) is 0 Å². The lowest BCUT2D eigenvalue weighted by molar-refractivity contribution is -0.111. The number of aromatic hydroxyl groups is 1. The number of carbonyl (C=O) groups excluding carboxylic acids is 2. The van der Waals surface area contributed by atoms with E-state index in [9.17, 15) is 14.7 Å². The van der Waals surface area contributed by atoms with Gasteiger partial charge in [0.25, 0.3) is 0 Å². The Morgan fingerprint density at radius 2 is 1.86 bits per heavy atom. The summed E-state index contributed by atoms with van der Waals surface area (Å²) in [5.74, 6) is -0.295. The van der Waals surface area contributed by atoms with E-state index in [1.54, 1.807) is 66.7 Å². The number of nitrogens with two attached hydrogens (primary N) is 1. The van der Waals surface area contributed by atoms with Crippen molar-refractivity contribution in [1.29, 1.82) is 5.26 Å². The highest BCUT2D eigenvalue weighted by atomic mass is 79.9. The Hall–Kier alpha value is -4.29. The molecule has 0 unspecified atom stereocenters. The van der Waals surface area contributed by atoms with E-state index < -0.39 is 12.2 Å². The Balaban J connectivity index is 1.60. The number of para-hydroxylation sites is 2. The fourth-order valence-corrected chi connectivity index (χ4v) is 3.74. The van der Waals surface area contributed by atoms with Crippen LogP contribution >= 0.6 is 15.9 Å². The van der Waals surface area contributed by atoms with Crippen LogP contribution in [0.3, 0.4) is 0 Å². The van der Waals surface area contributed by atoms with E-state index in [0.717, 1.165) is 4.47 Å². The van der Waals surface area contributed by atoms with Gasteiger partial charge in [0.05, 0.1) is 23.0 Å². The molecule has 0 saturated carbocycles. The zero-order valence-electron chi connectivity index (χ0n) is 19.3. The third-order valence-electron chi connectivity index (χ3n) is 5.17. The number of halogens is 1. The maximum Gasteiger partial charge on any atom is 0.412 e. The molecule has 1 atom stereocenters. The number of ether oxygens (including phenoxy) is 1. The van der Waals surface area contributed by atoms with Crippen LogP contribution in [-0.4, -0.2) is 17.1 Å². The molecular weight excluding hydrogens is 524 g/mol. The lowest BCUT2D eigenvalue weighted by Gasteiger charge is -2.20. The number of nitrogens with one attached hydrogen (secondary N) is 2. The third-order valence-corrected chi connectivity index (χ3v) is 5.66. The highest BCUT2D eigenvalue weighted by Crippen LogP contribution is 2.33. The van der Waals surface area contributed by atoms with Crippen molar-refractivity contribution in [2.75, 3.05) is 16.4 Å². The molecule has 3 aromatic carbocycles. The number of allylic oxidation sites excluding steroid dienone is 1. The van der Waals surface area contributed by atoms with Gasteiger partial charge in [-0.2, -0.15) is 5.26 Å². The molecule has 8 nitrogen and oxygen atoms in total. The van der Waals surface area contributed by atoms with E-state index in [2.05, 4.69) is 26.6 Å². The van der Waals surface area contributed by atoms with Crippen molar-refractivity contribution in [3.8, 4) is 11.8 Å². The number of carbonyl (C=O) groups is 2. The highest BCUT2D eigenvalue weighted by Gasteiger charge is 2.20. The maximum absolute atomic E-state index is 12.6. The molecule has 3 aromatic rings. The van der Waals surface area contributed by atoms with E-state index in [4.69, 9.17) is 15.7 Å². The number of amides is 2. The van der Waals surface area contributed by atoms with Crippen LogP contribution < -0.4 is 16.4 Å². The number of phenols is 1. The molecule has 0 aliphatic heterocycles. The zero-order valence-corrected chi connectivity index (χ0v) is 20.9. The number of phenolic OH excluding ortho intramolecular Hbond substituents is 1. The topological polar surface area (TPSA) is 137 Å². The van der Waals surface area contributed by atoms with Crippen LogP contribution in [0.1, 0.15) is 36.5 Å². The van der Waals surface area contributed by atoms with Crippen molar-refractivity contribution in [1.82, 2.24) is 0 Å². The van der Waals surface area contributed by atoms with Gasteiger partial charge in [-0.1, -0.05) is 34.1 Å². The van der Waals surface area contributed by atoms with E-state index in [-0.39, 0.29) is 11.7 Å². The number of hydrogen-bond acceptors (Lipinski definition) is 6. The SMILES string of the molecule is N#Cc1ccc(NC(=O)O[C@H](CCC/C=C/C(=O)Nc2ccccc2N)c2cc(Br)ccc2O)cc1. The second-order valence-electron chi connectivity index (χ2n) is 7.82. The highest BCUT2D eigenvalue weighted by molar-refractivity contribution is 9.10. The molecule has 9 heteroatoms. The Morgan fingerprint density at radius 1 is 1.11 bits per heavy atom. The smallest absolute Gasteiger partial charge is 0.412 e. The molecule has 0 aliphatic rings. The van der Waals surface area contributed by atoms with Gasteiger partial charge in [0.1, 0.15) is 11.9 Å². The van der Waals surface area contributed by atoms with Crippen molar-refractivity contribution in [2.45, 2.75) is 25.4 Å². The quantitative estimate of drug-likeness (QED) is 0.141. The fourth-order valence-electron chi connectivity index (χ4n) is 3.36. The van der Waals surface area contributed by atoms with E-state index in [1.807, 2.05) is 6.07 Å². The minimum atomic E-state index is -0.729. The lowest BCUT2D eigenvalue weighted by atomic mass is 10.0. The summed E-state index contributed by atoms with van der Waals surface area (Å²) in [7, 11) is 0. The normalized spacial score (nSPS) is 11.4. The Kier molecular flexibility index (Phi) is 9.48. The standard InChI is InChI=1S/C27H25BrN4O4/c28-19-12-15-24(33)21(16-19)25(36-27(35)31-20-13-10-18(17-29)11-14-20)8-2-1-3-9-26(34)32-23-7-5-4-6-22(23)30/h3-7,9-16,25,33H,1-2,8,30H2,(H,31,35)(H,32,34)/b9-3+/t25-/m1/s1. The van der Waals surface area contributed by atoms with Crippen molar-refractivity contribution in [3.63, 3.8) is 0 Å². The van der Waals surface area contributed by atoms with E-state index in [0.29, 0.717) is 47.5 Å². The monoisotopic (exact) mass is 548 g/mol. The average Bonchev–Trinajstić information content (AvgIpc) is 2.86. The Morgan fingerprint density at radius 3 is 2.58 bits per heavy atom. The van der Waals surface area contributed by atoms with Gasteiger partial charge in [0.15, 0.2) is 0 Å². The molecule has 2 amide bonds. The van der Waals surface area contributed by atoms with Gasteiger partial charge >= 0.3 is 6.09 Å². The second-order valence-corrected chi connectivity index (χ2v) is 8.74. The number of nitrogens with zero attached hydrogens (tertiary/aromatic N) is 1. The summed E-state index contributed by atoms with van der Waals surface area (Å²) in [5.41, 5.74) is 8.26. The summed E-state index contributed by atoms with van der Waals surface area (Å²) in [6, 6.07) is 20.3. The predicted octanol–water partition coefficient (Wildman–Crippen LogP) is 6.26. The largest absolute Gasteiger partial charge is 0.508 e. The van der Waals surface area contributed by atoms with Crippen molar-refractivity contribution in [3.05, 3.63) is 94.5 Å². The Bertz CT molecular complexity index is 1290. The molecule has 0 aliphatic carbocycles. The van der Waals surface area contributed by atoms with Crippen LogP contribution in [0.4, 0.5) is 21.9 Å². The predicted molar refractivity (Wildman–Crippen MR) is 142 cm³/mol.